The molecule has 0 N–H and O–H groups in total. The molecular weight excluding hydrogens is 748 g/mol. The zero-order valence-electron chi connectivity index (χ0n) is 25.7. The molecule has 0 radical (unpaired) electrons. The fraction of sp³-hybridized carbons (Fsp3) is 0.353. The van der Waals surface area contributed by atoms with Gasteiger partial charge in [0.05, 0.1) is 59.2 Å². The molecule has 4 aliphatic heterocycles. The average Bonchev–Trinajstić information content (AvgIpc) is 3.89. The minimum absolute atomic E-state index is 0.0647. The van der Waals surface area contributed by atoms with E-state index in [1.54, 1.807) is 24.8 Å². The van der Waals surface area contributed by atoms with Crippen LogP contribution in [0.4, 0.5) is 0 Å². The van der Waals surface area contributed by atoms with Crippen LogP contribution in [-0.4, -0.2) is 79.0 Å². The Morgan fingerprint density at radius 1 is 0.708 bits per heavy atom. The first-order valence-corrected chi connectivity index (χ1v) is 17.6. The van der Waals surface area contributed by atoms with Gasteiger partial charge >= 0.3 is 11.9 Å². The summed E-state index contributed by atoms with van der Waals surface area (Å²) in [6, 6.07) is 10.5. The number of carbonyl (C=O) groups excluding carboxylic acids is 4. The minimum Gasteiger partial charge on any atom is -0.461 e. The van der Waals surface area contributed by atoms with Crippen molar-refractivity contribution in [3.63, 3.8) is 0 Å². The lowest BCUT2D eigenvalue weighted by Gasteiger charge is -2.23. The summed E-state index contributed by atoms with van der Waals surface area (Å²) in [7, 11) is 0. The van der Waals surface area contributed by atoms with E-state index in [-0.39, 0.29) is 48.5 Å². The van der Waals surface area contributed by atoms with Crippen molar-refractivity contribution in [1.82, 2.24) is 28.9 Å². The fourth-order valence-electron chi connectivity index (χ4n) is 7.40. The van der Waals surface area contributed by atoms with E-state index in [0.717, 1.165) is 34.6 Å². The van der Waals surface area contributed by atoms with E-state index in [9.17, 15) is 19.2 Å². The van der Waals surface area contributed by atoms with Crippen molar-refractivity contribution in [3.8, 4) is 11.4 Å². The van der Waals surface area contributed by atoms with Gasteiger partial charge in [0, 0.05) is 22.0 Å². The number of fused-ring (bicyclic) bond motifs is 10. The number of carbonyl (C=O) groups is 4. The lowest BCUT2D eigenvalue weighted by atomic mass is 10.1. The molecule has 4 aromatic rings. The Morgan fingerprint density at radius 3 is 1.58 bits per heavy atom. The van der Waals surface area contributed by atoms with Gasteiger partial charge in [0.2, 0.25) is 0 Å². The Bertz CT molecular complexity index is 1860. The monoisotopic (exact) mass is 776 g/mol. The fourth-order valence-corrected chi connectivity index (χ4v) is 8.12. The number of rotatable bonds is 7. The Labute approximate surface area is 292 Å². The molecule has 246 valence electrons. The number of halogens is 2. The number of nitrogens with zero attached hydrogens (tertiary/aromatic N) is 6. The molecule has 12 nitrogen and oxygen atoms in total. The number of benzene rings is 2. The van der Waals surface area contributed by atoms with Crippen molar-refractivity contribution in [1.29, 1.82) is 0 Å². The minimum atomic E-state index is -0.552. The summed E-state index contributed by atoms with van der Waals surface area (Å²) in [5.41, 5.74) is 4.21. The number of hydrogen-bond acceptors (Lipinski definition) is 8. The summed E-state index contributed by atoms with van der Waals surface area (Å²) >= 11 is 6.94. The average molecular weight is 778 g/mol. The number of esters is 2. The van der Waals surface area contributed by atoms with Crippen molar-refractivity contribution in [3.05, 3.63) is 91.9 Å². The molecule has 6 heterocycles. The van der Waals surface area contributed by atoms with Gasteiger partial charge in [-0.2, -0.15) is 0 Å². The van der Waals surface area contributed by atoms with Gasteiger partial charge in [-0.3, -0.25) is 18.7 Å². The van der Waals surface area contributed by atoms with Gasteiger partial charge in [-0.15, -0.1) is 0 Å². The van der Waals surface area contributed by atoms with Crippen LogP contribution in [-0.2, 0) is 9.47 Å². The molecule has 4 aliphatic rings. The molecule has 1 unspecified atom stereocenters. The molecule has 8 rings (SSSR count). The van der Waals surface area contributed by atoms with Gasteiger partial charge in [0.1, 0.15) is 12.7 Å². The Balaban J connectivity index is 0.912. The van der Waals surface area contributed by atoms with Crippen molar-refractivity contribution >= 4 is 55.6 Å². The smallest absolute Gasteiger partial charge is 0.358 e. The molecule has 2 saturated heterocycles. The quantitative estimate of drug-likeness (QED) is 0.166. The largest absolute Gasteiger partial charge is 0.461 e. The zero-order chi connectivity index (χ0) is 33.1. The molecule has 2 aromatic heterocycles. The van der Waals surface area contributed by atoms with E-state index in [2.05, 4.69) is 41.8 Å². The predicted molar refractivity (Wildman–Crippen MR) is 178 cm³/mol. The topological polar surface area (TPSA) is 129 Å². The predicted octanol–water partition coefficient (Wildman–Crippen LogP) is 5.96. The van der Waals surface area contributed by atoms with Gasteiger partial charge in [-0.25, -0.2) is 19.6 Å². The third kappa shape index (κ3) is 5.07. The van der Waals surface area contributed by atoms with Crippen LogP contribution >= 0.6 is 31.9 Å². The van der Waals surface area contributed by atoms with Crippen LogP contribution in [0.1, 0.15) is 104 Å². The zero-order valence-corrected chi connectivity index (χ0v) is 28.9. The molecular formula is C34H30Br2N6O6. The Morgan fingerprint density at radius 2 is 1.15 bits per heavy atom. The van der Waals surface area contributed by atoms with Gasteiger partial charge in [0.15, 0.2) is 11.4 Å². The molecule has 48 heavy (non-hydrogen) atoms. The van der Waals surface area contributed by atoms with E-state index >= 15 is 0 Å². The van der Waals surface area contributed by atoms with Crippen molar-refractivity contribution in [2.24, 2.45) is 0 Å². The number of imidazole rings is 2. The van der Waals surface area contributed by atoms with Crippen LogP contribution in [0.3, 0.4) is 0 Å². The SMILES string of the molecule is O=C(OCCCCOC(=O)c1ncn2c1[C@@H]1CCCN1C(=O)c1cc(Br)ccc1-2)c1ncn2c1C1CCCN1C(=O)c1cc(Br)ccc1-2. The standard InChI is InChI=1S/C34H30Br2N6O6/c35-19-7-9-23-21(15-19)31(43)39-11-3-5-25(39)29-27(37-17-41(23)29)33(45)47-13-1-2-14-48-34(46)28-30-26-6-4-12-40(26)32(44)22-16-20(36)8-10-24(22)42(30)18-38-28/h7-10,15-18,25-26H,1-6,11-14H2/t25-,26?/m0/s1. The second-order valence-corrected chi connectivity index (χ2v) is 14.1. The summed E-state index contributed by atoms with van der Waals surface area (Å²) in [4.78, 5) is 65.9. The van der Waals surface area contributed by atoms with Crippen LogP contribution < -0.4 is 0 Å². The number of unbranched alkanes of at least 4 members (excludes halogenated alkanes) is 1. The Hall–Kier alpha value is -4.30. The highest BCUT2D eigenvalue weighted by atomic mass is 79.9. The van der Waals surface area contributed by atoms with E-state index in [4.69, 9.17) is 9.47 Å². The van der Waals surface area contributed by atoms with E-state index in [0.29, 0.717) is 59.8 Å². The lowest BCUT2D eigenvalue weighted by molar-refractivity contribution is 0.0422. The van der Waals surface area contributed by atoms with Crippen LogP contribution in [0, 0.1) is 0 Å². The van der Waals surface area contributed by atoms with E-state index in [1.165, 1.54) is 0 Å². The molecule has 2 fully saturated rings. The second-order valence-electron chi connectivity index (χ2n) is 12.3. The van der Waals surface area contributed by atoms with Gasteiger partial charge < -0.3 is 19.3 Å². The normalized spacial score (nSPS) is 19.0. The number of hydrogen-bond donors (Lipinski definition) is 0. The maximum absolute atomic E-state index is 13.4. The Kier molecular flexibility index (Phi) is 7.94. The third-order valence-corrected chi connectivity index (χ3v) is 10.5. The van der Waals surface area contributed by atoms with E-state index in [1.807, 2.05) is 43.2 Å². The summed E-state index contributed by atoms with van der Waals surface area (Å²) in [5, 5.41) is 0. The van der Waals surface area contributed by atoms with Gasteiger partial charge in [0.25, 0.3) is 11.8 Å². The lowest BCUT2D eigenvalue weighted by Crippen LogP contribution is -2.30. The van der Waals surface area contributed by atoms with Crippen LogP contribution in [0.2, 0.25) is 0 Å². The molecule has 2 atom stereocenters. The van der Waals surface area contributed by atoms with E-state index < -0.39 is 11.9 Å². The molecule has 2 amide bonds. The van der Waals surface area contributed by atoms with Crippen LogP contribution in [0.15, 0.2) is 58.0 Å². The number of ether oxygens (including phenoxy) is 2. The first-order valence-electron chi connectivity index (χ1n) is 16.0. The molecule has 0 bridgehead atoms. The molecule has 2 aromatic carbocycles. The summed E-state index contributed by atoms with van der Waals surface area (Å²) < 4.78 is 16.5. The highest BCUT2D eigenvalue weighted by Crippen LogP contribution is 2.42. The summed E-state index contributed by atoms with van der Waals surface area (Å²) in [5.74, 6) is -1.23. The molecule has 14 heteroatoms. The molecule has 0 spiro atoms. The second kappa shape index (κ2) is 12.3. The van der Waals surface area contributed by atoms with Crippen molar-refractivity contribution < 1.29 is 28.7 Å². The van der Waals surface area contributed by atoms with Crippen LogP contribution in [0.25, 0.3) is 11.4 Å². The highest BCUT2D eigenvalue weighted by molar-refractivity contribution is 9.10. The summed E-state index contributed by atoms with van der Waals surface area (Å²) in [6.07, 6.45) is 7.24. The first kappa shape index (κ1) is 31.0. The maximum Gasteiger partial charge on any atom is 0.358 e. The molecule has 0 saturated carbocycles. The van der Waals surface area contributed by atoms with Gasteiger partial charge in [-0.1, -0.05) is 31.9 Å². The van der Waals surface area contributed by atoms with Crippen LogP contribution in [0.5, 0.6) is 0 Å². The molecule has 0 aliphatic carbocycles. The van der Waals surface area contributed by atoms with Gasteiger partial charge in [-0.05, 0) is 74.9 Å². The van der Waals surface area contributed by atoms with Crippen molar-refractivity contribution in [2.75, 3.05) is 26.3 Å². The summed E-state index contributed by atoms with van der Waals surface area (Å²) in [6.45, 7) is 1.45. The van der Waals surface area contributed by atoms with Crippen molar-refractivity contribution in [2.45, 2.75) is 50.6 Å². The number of amides is 2. The number of aromatic nitrogens is 4. The maximum atomic E-state index is 13.4. The highest BCUT2D eigenvalue weighted by Gasteiger charge is 2.42. The third-order valence-electron chi connectivity index (χ3n) is 9.56. The first-order chi connectivity index (χ1) is 23.3.